The molecular formula is C17H27NO2. The molecule has 112 valence electrons. The Bertz CT molecular complexity index is 431. The summed E-state index contributed by atoms with van der Waals surface area (Å²) in [5, 5.41) is 9.81. The van der Waals surface area contributed by atoms with E-state index in [1.54, 1.807) is 6.07 Å². The van der Waals surface area contributed by atoms with Crippen molar-refractivity contribution in [2.24, 2.45) is 0 Å². The summed E-state index contributed by atoms with van der Waals surface area (Å²) >= 11 is 0. The van der Waals surface area contributed by atoms with E-state index in [0.29, 0.717) is 6.61 Å². The number of phenolic OH excluding ortho intramolecular Hbond substituents is 1. The third-order valence-electron chi connectivity index (χ3n) is 3.88. The van der Waals surface area contributed by atoms with Crippen LogP contribution in [0.1, 0.15) is 45.6 Å². The topological polar surface area (TPSA) is 32.7 Å². The largest absolute Gasteiger partial charge is 0.508 e. The van der Waals surface area contributed by atoms with Gasteiger partial charge in [-0.05, 0) is 49.0 Å². The van der Waals surface area contributed by atoms with Crippen LogP contribution in [0.5, 0.6) is 11.5 Å². The van der Waals surface area contributed by atoms with Gasteiger partial charge in [0.2, 0.25) is 0 Å². The highest BCUT2D eigenvalue weighted by atomic mass is 16.5. The maximum atomic E-state index is 9.81. The van der Waals surface area contributed by atoms with Gasteiger partial charge < -0.3 is 9.84 Å². The van der Waals surface area contributed by atoms with Crippen LogP contribution >= 0.6 is 0 Å². The first-order chi connectivity index (χ1) is 9.45. The lowest BCUT2D eigenvalue weighted by Gasteiger charge is -2.26. The number of hydrogen-bond acceptors (Lipinski definition) is 3. The Hall–Kier alpha value is -1.22. The summed E-state index contributed by atoms with van der Waals surface area (Å²) in [6, 6.07) is 5.55. The molecule has 1 fully saturated rings. The van der Waals surface area contributed by atoms with Crippen LogP contribution in [-0.4, -0.2) is 36.2 Å². The van der Waals surface area contributed by atoms with Crippen molar-refractivity contribution in [3.63, 3.8) is 0 Å². The van der Waals surface area contributed by atoms with E-state index in [0.717, 1.165) is 17.9 Å². The molecule has 0 aliphatic carbocycles. The Morgan fingerprint density at radius 2 is 1.80 bits per heavy atom. The number of nitrogens with zero attached hydrogens (tertiary/aromatic N) is 1. The average Bonchev–Trinajstić information content (AvgIpc) is 2.38. The van der Waals surface area contributed by atoms with E-state index in [9.17, 15) is 5.11 Å². The third-order valence-corrected chi connectivity index (χ3v) is 3.88. The number of likely N-dealkylation sites (tertiary alicyclic amines) is 1. The standard InChI is InChI=1S/C17H27NO2/c1-17(2,3)14-11-15(19)13-16(12-14)20-10-9-18-7-5-4-6-8-18/h11-13,19H,4-10H2,1-3H3. The maximum Gasteiger partial charge on any atom is 0.123 e. The fourth-order valence-electron chi connectivity index (χ4n) is 2.58. The van der Waals surface area contributed by atoms with E-state index in [-0.39, 0.29) is 11.2 Å². The van der Waals surface area contributed by atoms with Crippen LogP contribution in [0.25, 0.3) is 0 Å². The number of aromatic hydroxyl groups is 1. The van der Waals surface area contributed by atoms with Crippen LogP contribution < -0.4 is 4.74 Å². The van der Waals surface area contributed by atoms with E-state index >= 15 is 0 Å². The predicted molar refractivity (Wildman–Crippen MR) is 82.6 cm³/mol. The van der Waals surface area contributed by atoms with Crippen LogP contribution in [-0.2, 0) is 5.41 Å². The summed E-state index contributed by atoms with van der Waals surface area (Å²) < 4.78 is 5.82. The number of benzene rings is 1. The maximum absolute atomic E-state index is 9.81. The van der Waals surface area contributed by atoms with Crippen molar-refractivity contribution >= 4 is 0 Å². The van der Waals surface area contributed by atoms with Crippen LogP contribution in [0, 0.1) is 0 Å². The molecule has 20 heavy (non-hydrogen) atoms. The SMILES string of the molecule is CC(C)(C)c1cc(O)cc(OCCN2CCCCC2)c1. The van der Waals surface area contributed by atoms with Gasteiger partial charge >= 0.3 is 0 Å². The first-order valence-electron chi connectivity index (χ1n) is 7.65. The van der Waals surface area contributed by atoms with Crippen molar-refractivity contribution in [1.82, 2.24) is 4.90 Å². The summed E-state index contributed by atoms with van der Waals surface area (Å²) in [4.78, 5) is 2.46. The van der Waals surface area contributed by atoms with Crippen molar-refractivity contribution in [3.05, 3.63) is 23.8 Å². The Morgan fingerprint density at radius 1 is 1.10 bits per heavy atom. The summed E-state index contributed by atoms with van der Waals surface area (Å²) in [7, 11) is 0. The van der Waals surface area contributed by atoms with Crippen molar-refractivity contribution in [1.29, 1.82) is 0 Å². The molecule has 2 rings (SSSR count). The third kappa shape index (κ3) is 4.41. The van der Waals surface area contributed by atoms with E-state index in [1.807, 2.05) is 12.1 Å². The first kappa shape index (κ1) is 15.2. The fourth-order valence-corrected chi connectivity index (χ4v) is 2.58. The molecule has 0 bridgehead atoms. The molecule has 0 unspecified atom stereocenters. The Labute approximate surface area is 122 Å². The highest BCUT2D eigenvalue weighted by molar-refractivity contribution is 5.40. The number of phenols is 1. The molecule has 3 nitrogen and oxygen atoms in total. The van der Waals surface area contributed by atoms with Crippen molar-refractivity contribution in [2.45, 2.75) is 45.4 Å². The fraction of sp³-hybridized carbons (Fsp3) is 0.647. The quantitative estimate of drug-likeness (QED) is 0.913. The van der Waals surface area contributed by atoms with Gasteiger partial charge in [0.05, 0.1) is 0 Å². The van der Waals surface area contributed by atoms with Crippen LogP contribution in [0.4, 0.5) is 0 Å². The van der Waals surface area contributed by atoms with Gasteiger partial charge in [0.25, 0.3) is 0 Å². The second kappa shape index (κ2) is 6.49. The molecule has 0 spiro atoms. The second-order valence-corrected chi connectivity index (χ2v) is 6.72. The minimum atomic E-state index is 0.0176. The van der Waals surface area contributed by atoms with E-state index in [4.69, 9.17) is 4.74 Å². The van der Waals surface area contributed by atoms with Gasteiger partial charge in [-0.25, -0.2) is 0 Å². The normalized spacial score (nSPS) is 17.1. The second-order valence-electron chi connectivity index (χ2n) is 6.72. The van der Waals surface area contributed by atoms with Crippen molar-refractivity contribution in [3.8, 4) is 11.5 Å². The van der Waals surface area contributed by atoms with E-state index in [1.165, 1.54) is 32.4 Å². The number of piperidine rings is 1. The van der Waals surface area contributed by atoms with Gasteiger partial charge in [-0.15, -0.1) is 0 Å². The predicted octanol–water partition coefficient (Wildman–Crippen LogP) is 3.55. The number of ether oxygens (including phenoxy) is 1. The molecule has 0 atom stereocenters. The monoisotopic (exact) mass is 277 g/mol. The molecule has 0 amide bonds. The molecule has 1 aromatic carbocycles. The number of hydrogen-bond donors (Lipinski definition) is 1. The minimum Gasteiger partial charge on any atom is -0.508 e. The highest BCUT2D eigenvalue weighted by Gasteiger charge is 2.16. The smallest absolute Gasteiger partial charge is 0.123 e. The molecule has 1 aliphatic heterocycles. The number of rotatable bonds is 4. The summed E-state index contributed by atoms with van der Waals surface area (Å²) in [5.74, 6) is 1.05. The lowest BCUT2D eigenvalue weighted by Crippen LogP contribution is -2.33. The molecule has 1 saturated heterocycles. The van der Waals surface area contributed by atoms with Crippen molar-refractivity contribution in [2.75, 3.05) is 26.2 Å². The van der Waals surface area contributed by atoms with E-state index in [2.05, 4.69) is 25.7 Å². The van der Waals surface area contributed by atoms with Gasteiger partial charge in [-0.1, -0.05) is 27.2 Å². The average molecular weight is 277 g/mol. The Kier molecular flexibility index (Phi) is 4.92. The summed E-state index contributed by atoms with van der Waals surface area (Å²) in [6.07, 6.45) is 3.97. The lowest BCUT2D eigenvalue weighted by atomic mass is 9.87. The minimum absolute atomic E-state index is 0.0176. The van der Waals surface area contributed by atoms with Crippen LogP contribution in [0.3, 0.4) is 0 Å². The molecule has 0 aromatic heterocycles. The highest BCUT2D eigenvalue weighted by Crippen LogP contribution is 2.30. The molecule has 0 saturated carbocycles. The van der Waals surface area contributed by atoms with Crippen molar-refractivity contribution < 1.29 is 9.84 Å². The zero-order chi connectivity index (χ0) is 14.6. The molecule has 3 heteroatoms. The molecule has 1 aromatic rings. The van der Waals surface area contributed by atoms with Gasteiger partial charge in [0, 0.05) is 12.6 Å². The van der Waals surface area contributed by atoms with Gasteiger partial charge in [0.15, 0.2) is 0 Å². The molecule has 1 N–H and O–H groups in total. The summed E-state index contributed by atoms with van der Waals surface area (Å²) in [5.41, 5.74) is 1.12. The van der Waals surface area contributed by atoms with Gasteiger partial charge in [0.1, 0.15) is 18.1 Å². The molecule has 0 radical (unpaired) electrons. The van der Waals surface area contributed by atoms with Gasteiger partial charge in [-0.2, -0.15) is 0 Å². The summed E-state index contributed by atoms with van der Waals surface area (Å²) in [6.45, 7) is 10.5. The lowest BCUT2D eigenvalue weighted by molar-refractivity contribution is 0.183. The van der Waals surface area contributed by atoms with E-state index < -0.39 is 0 Å². The molecule has 1 aliphatic rings. The Morgan fingerprint density at radius 3 is 2.45 bits per heavy atom. The Balaban J connectivity index is 1.90. The zero-order valence-electron chi connectivity index (χ0n) is 13.0. The van der Waals surface area contributed by atoms with Gasteiger partial charge in [-0.3, -0.25) is 4.90 Å². The molecule has 1 heterocycles. The zero-order valence-corrected chi connectivity index (χ0v) is 13.0. The molecular weight excluding hydrogens is 250 g/mol. The first-order valence-corrected chi connectivity index (χ1v) is 7.65. The van der Waals surface area contributed by atoms with Crippen LogP contribution in [0.2, 0.25) is 0 Å². The van der Waals surface area contributed by atoms with Crippen LogP contribution in [0.15, 0.2) is 18.2 Å².